The molecule has 1 N–H and O–H groups in total. The molecule has 17 heavy (non-hydrogen) atoms. The molecular weight excluding hydrogens is 298 g/mol. The number of hydrogen-bond acceptors (Lipinski definition) is 4. The fourth-order valence-electron chi connectivity index (χ4n) is 1.62. The SMILES string of the molecule is CCNc1nnc(-c2sccc2Br)c(C)c1C. The first-order valence-electron chi connectivity index (χ1n) is 5.46. The molecule has 5 heteroatoms. The van der Waals surface area contributed by atoms with Crippen LogP contribution in [0.2, 0.25) is 0 Å². The Morgan fingerprint density at radius 3 is 2.65 bits per heavy atom. The molecule has 2 aromatic heterocycles. The van der Waals surface area contributed by atoms with Gasteiger partial charge in [-0.05, 0) is 59.3 Å². The van der Waals surface area contributed by atoms with Crippen LogP contribution >= 0.6 is 27.3 Å². The Hall–Kier alpha value is -0.940. The quantitative estimate of drug-likeness (QED) is 0.930. The number of anilines is 1. The van der Waals surface area contributed by atoms with Crippen molar-refractivity contribution >= 4 is 33.1 Å². The van der Waals surface area contributed by atoms with E-state index in [0.29, 0.717) is 0 Å². The van der Waals surface area contributed by atoms with Crippen LogP contribution < -0.4 is 5.32 Å². The zero-order valence-electron chi connectivity index (χ0n) is 10.0. The third-order valence-corrected chi connectivity index (χ3v) is 4.54. The number of hydrogen-bond donors (Lipinski definition) is 1. The molecule has 2 heterocycles. The maximum atomic E-state index is 4.33. The summed E-state index contributed by atoms with van der Waals surface area (Å²) in [4.78, 5) is 1.14. The number of rotatable bonds is 3. The van der Waals surface area contributed by atoms with Gasteiger partial charge in [-0.15, -0.1) is 21.5 Å². The fraction of sp³-hybridized carbons (Fsp3) is 0.333. The second kappa shape index (κ2) is 5.14. The second-order valence-corrected chi connectivity index (χ2v) is 5.55. The van der Waals surface area contributed by atoms with Crippen LogP contribution in [0.3, 0.4) is 0 Å². The number of thiophene rings is 1. The summed E-state index contributed by atoms with van der Waals surface area (Å²) < 4.78 is 1.08. The summed E-state index contributed by atoms with van der Waals surface area (Å²) in [6, 6.07) is 2.04. The minimum absolute atomic E-state index is 0.858. The molecule has 0 aliphatic rings. The van der Waals surface area contributed by atoms with Crippen molar-refractivity contribution in [3.05, 3.63) is 27.0 Å². The van der Waals surface area contributed by atoms with Gasteiger partial charge in [-0.25, -0.2) is 0 Å². The maximum absolute atomic E-state index is 4.33. The molecule has 0 aromatic carbocycles. The smallest absolute Gasteiger partial charge is 0.151 e. The Bertz CT molecular complexity index is 537. The molecule has 0 saturated heterocycles. The Morgan fingerprint density at radius 1 is 1.29 bits per heavy atom. The summed E-state index contributed by atoms with van der Waals surface area (Å²) >= 11 is 5.21. The molecule has 3 nitrogen and oxygen atoms in total. The van der Waals surface area contributed by atoms with Crippen LogP contribution in [0.5, 0.6) is 0 Å². The number of nitrogens with zero attached hydrogens (tertiary/aromatic N) is 2. The van der Waals surface area contributed by atoms with E-state index in [2.05, 4.69) is 52.2 Å². The average Bonchev–Trinajstić information content (AvgIpc) is 2.72. The normalized spacial score (nSPS) is 10.6. The molecule has 2 aromatic rings. The summed E-state index contributed by atoms with van der Waals surface area (Å²) in [6.07, 6.45) is 0. The third-order valence-electron chi connectivity index (χ3n) is 2.70. The highest BCUT2D eigenvalue weighted by Gasteiger charge is 2.14. The van der Waals surface area contributed by atoms with Gasteiger partial charge in [0.2, 0.25) is 0 Å². The van der Waals surface area contributed by atoms with Gasteiger partial charge in [0, 0.05) is 11.0 Å². The lowest BCUT2D eigenvalue weighted by atomic mass is 10.1. The molecule has 90 valence electrons. The summed E-state index contributed by atoms with van der Waals surface area (Å²) in [5, 5.41) is 13.9. The van der Waals surface area contributed by atoms with E-state index >= 15 is 0 Å². The van der Waals surface area contributed by atoms with Crippen LogP contribution in [0.25, 0.3) is 10.6 Å². The topological polar surface area (TPSA) is 37.8 Å². The minimum atomic E-state index is 0.858. The van der Waals surface area contributed by atoms with Crippen LogP contribution in [-0.2, 0) is 0 Å². The predicted molar refractivity (Wildman–Crippen MR) is 76.7 cm³/mol. The van der Waals surface area contributed by atoms with Gasteiger partial charge < -0.3 is 5.32 Å². The Kier molecular flexibility index (Phi) is 3.79. The highest BCUT2D eigenvalue weighted by molar-refractivity contribution is 9.10. The molecule has 0 unspecified atom stereocenters. The van der Waals surface area contributed by atoms with Gasteiger partial charge in [0.05, 0.1) is 4.88 Å². The van der Waals surface area contributed by atoms with E-state index in [-0.39, 0.29) is 0 Å². The van der Waals surface area contributed by atoms with Crippen molar-refractivity contribution in [3.8, 4) is 10.6 Å². The van der Waals surface area contributed by atoms with E-state index in [9.17, 15) is 0 Å². The van der Waals surface area contributed by atoms with Crippen molar-refractivity contribution in [1.29, 1.82) is 0 Å². The highest BCUT2D eigenvalue weighted by Crippen LogP contribution is 2.35. The van der Waals surface area contributed by atoms with E-state index in [1.165, 1.54) is 5.56 Å². The molecule has 0 atom stereocenters. The van der Waals surface area contributed by atoms with Gasteiger partial charge in [0.1, 0.15) is 5.69 Å². The van der Waals surface area contributed by atoms with Crippen molar-refractivity contribution in [1.82, 2.24) is 10.2 Å². The van der Waals surface area contributed by atoms with Gasteiger partial charge in [0.25, 0.3) is 0 Å². The van der Waals surface area contributed by atoms with E-state index in [4.69, 9.17) is 0 Å². The lowest BCUT2D eigenvalue weighted by molar-refractivity contribution is 0.989. The molecular formula is C12H14BrN3S. The summed E-state index contributed by atoms with van der Waals surface area (Å²) in [5.74, 6) is 0.876. The molecule has 0 radical (unpaired) electrons. The molecule has 0 saturated carbocycles. The first-order valence-corrected chi connectivity index (χ1v) is 7.13. The van der Waals surface area contributed by atoms with Crippen molar-refractivity contribution < 1.29 is 0 Å². The van der Waals surface area contributed by atoms with Crippen LogP contribution in [0.4, 0.5) is 5.82 Å². The Morgan fingerprint density at radius 2 is 2.06 bits per heavy atom. The maximum Gasteiger partial charge on any atom is 0.151 e. The number of halogens is 1. The first kappa shape index (κ1) is 12.5. The predicted octanol–water partition coefficient (Wildman–Crippen LogP) is 4.02. The van der Waals surface area contributed by atoms with Crippen LogP contribution in [0.15, 0.2) is 15.9 Å². The van der Waals surface area contributed by atoms with E-state index < -0.39 is 0 Å². The zero-order valence-corrected chi connectivity index (χ0v) is 12.4. The molecule has 0 spiro atoms. The van der Waals surface area contributed by atoms with Crippen LogP contribution in [0.1, 0.15) is 18.1 Å². The Balaban J connectivity index is 2.51. The van der Waals surface area contributed by atoms with Crippen molar-refractivity contribution in [2.75, 3.05) is 11.9 Å². The molecule has 0 aliphatic carbocycles. The average molecular weight is 312 g/mol. The number of nitrogens with one attached hydrogen (secondary N) is 1. The summed E-state index contributed by atoms with van der Waals surface area (Å²) in [6.45, 7) is 7.08. The standard InChI is InChI=1S/C12H14BrN3S/c1-4-14-12-8(3)7(2)10(15-16-12)11-9(13)5-6-17-11/h5-6H,4H2,1-3H3,(H,14,16). The largest absolute Gasteiger partial charge is 0.369 e. The highest BCUT2D eigenvalue weighted by atomic mass is 79.9. The van der Waals surface area contributed by atoms with E-state index in [1.54, 1.807) is 11.3 Å². The van der Waals surface area contributed by atoms with E-state index in [1.807, 2.05) is 11.4 Å². The van der Waals surface area contributed by atoms with Crippen molar-refractivity contribution in [2.45, 2.75) is 20.8 Å². The molecule has 0 fully saturated rings. The second-order valence-electron chi connectivity index (χ2n) is 3.78. The fourth-order valence-corrected chi connectivity index (χ4v) is 3.22. The molecule has 2 rings (SSSR count). The van der Waals surface area contributed by atoms with Gasteiger partial charge in [0.15, 0.2) is 5.82 Å². The lowest BCUT2D eigenvalue weighted by Gasteiger charge is -2.11. The molecule has 0 amide bonds. The van der Waals surface area contributed by atoms with Crippen molar-refractivity contribution in [2.24, 2.45) is 0 Å². The van der Waals surface area contributed by atoms with Gasteiger partial charge in [-0.1, -0.05) is 0 Å². The van der Waals surface area contributed by atoms with E-state index in [0.717, 1.165) is 33.0 Å². The van der Waals surface area contributed by atoms with Crippen LogP contribution in [-0.4, -0.2) is 16.7 Å². The summed E-state index contributed by atoms with van der Waals surface area (Å²) in [5.41, 5.74) is 3.31. The zero-order chi connectivity index (χ0) is 12.4. The molecule has 0 aliphatic heterocycles. The number of aromatic nitrogens is 2. The van der Waals surface area contributed by atoms with Gasteiger partial charge in [-0.3, -0.25) is 0 Å². The monoisotopic (exact) mass is 311 g/mol. The third kappa shape index (κ3) is 2.35. The lowest BCUT2D eigenvalue weighted by Crippen LogP contribution is -2.05. The first-order chi connectivity index (χ1) is 8.15. The van der Waals surface area contributed by atoms with Crippen molar-refractivity contribution in [3.63, 3.8) is 0 Å². The van der Waals surface area contributed by atoms with Gasteiger partial charge in [-0.2, -0.15) is 0 Å². The minimum Gasteiger partial charge on any atom is -0.369 e. The summed E-state index contributed by atoms with van der Waals surface area (Å²) in [7, 11) is 0. The Labute approximate surface area is 113 Å². The molecule has 0 bridgehead atoms. The van der Waals surface area contributed by atoms with Gasteiger partial charge >= 0.3 is 0 Å². The van der Waals surface area contributed by atoms with Crippen LogP contribution in [0, 0.1) is 13.8 Å².